The predicted molar refractivity (Wildman–Crippen MR) is 46.5 cm³/mol. The van der Waals surface area contributed by atoms with Gasteiger partial charge in [0.05, 0.1) is 6.20 Å². The smallest absolute Gasteiger partial charge is 0.226 e. The molecular formula is C7H6N4OS. The van der Waals surface area contributed by atoms with Crippen LogP contribution in [0.5, 0.6) is 0 Å². The molecule has 0 aliphatic heterocycles. The van der Waals surface area contributed by atoms with Crippen molar-refractivity contribution in [3.05, 3.63) is 29.0 Å². The minimum atomic E-state index is -0.129. The number of nitrogens with zero attached hydrogens (tertiary/aromatic N) is 4. The van der Waals surface area contributed by atoms with Gasteiger partial charge in [0.25, 0.3) is 0 Å². The van der Waals surface area contributed by atoms with E-state index in [4.69, 9.17) is 0 Å². The van der Waals surface area contributed by atoms with E-state index in [1.165, 1.54) is 6.20 Å². The van der Waals surface area contributed by atoms with Crippen molar-refractivity contribution in [2.24, 2.45) is 7.05 Å². The van der Waals surface area contributed by atoms with E-state index in [2.05, 4.69) is 14.7 Å². The first-order valence-corrected chi connectivity index (χ1v) is 4.36. The molecule has 0 amide bonds. The first-order valence-electron chi connectivity index (χ1n) is 3.59. The molecule has 2 aromatic heterocycles. The monoisotopic (exact) mass is 194 g/mol. The van der Waals surface area contributed by atoms with E-state index in [0.717, 1.165) is 11.5 Å². The molecule has 66 valence electrons. The Morgan fingerprint density at radius 3 is 3.00 bits per heavy atom. The Kier molecular flexibility index (Phi) is 1.90. The van der Waals surface area contributed by atoms with E-state index in [1.54, 1.807) is 24.0 Å². The largest absolute Gasteiger partial charge is 0.286 e. The van der Waals surface area contributed by atoms with Crippen molar-refractivity contribution in [1.82, 2.24) is 19.4 Å². The van der Waals surface area contributed by atoms with E-state index in [1.807, 2.05) is 0 Å². The van der Waals surface area contributed by atoms with Gasteiger partial charge in [-0.2, -0.15) is 5.10 Å². The normalized spacial score (nSPS) is 10.2. The van der Waals surface area contributed by atoms with Crippen LogP contribution in [0.3, 0.4) is 0 Å². The van der Waals surface area contributed by atoms with Crippen LogP contribution in [0.2, 0.25) is 0 Å². The average molecular weight is 194 g/mol. The van der Waals surface area contributed by atoms with Crippen molar-refractivity contribution in [2.45, 2.75) is 0 Å². The summed E-state index contributed by atoms with van der Waals surface area (Å²) in [5, 5.41) is 7.57. The first kappa shape index (κ1) is 8.06. The second-order valence-corrected chi connectivity index (χ2v) is 3.27. The van der Waals surface area contributed by atoms with Crippen LogP contribution < -0.4 is 0 Å². The van der Waals surface area contributed by atoms with E-state index in [9.17, 15) is 4.79 Å². The molecule has 0 aliphatic rings. The zero-order chi connectivity index (χ0) is 9.26. The molecule has 2 rings (SSSR count). The Hall–Kier alpha value is -1.56. The van der Waals surface area contributed by atoms with Gasteiger partial charge in [-0.25, -0.2) is 0 Å². The molecule has 0 fully saturated rings. The molecule has 0 saturated carbocycles. The molecular weight excluding hydrogens is 188 g/mol. The molecule has 0 aliphatic carbocycles. The zero-order valence-electron chi connectivity index (χ0n) is 6.84. The Labute approximate surface area is 78.2 Å². The highest BCUT2D eigenvalue weighted by Crippen LogP contribution is 2.08. The average Bonchev–Trinajstić information content (AvgIpc) is 2.72. The van der Waals surface area contributed by atoms with Gasteiger partial charge in [-0.15, -0.1) is 5.10 Å². The topological polar surface area (TPSA) is 60.7 Å². The fraction of sp³-hybridized carbons (Fsp3) is 0.143. The summed E-state index contributed by atoms with van der Waals surface area (Å²) in [4.78, 5) is 12.1. The highest BCUT2D eigenvalue weighted by molar-refractivity contribution is 7.08. The Morgan fingerprint density at radius 2 is 2.46 bits per heavy atom. The molecule has 2 heterocycles. The van der Waals surface area contributed by atoms with Crippen molar-refractivity contribution >= 4 is 17.3 Å². The summed E-state index contributed by atoms with van der Waals surface area (Å²) >= 11 is 1.08. The quantitative estimate of drug-likeness (QED) is 0.653. The lowest BCUT2D eigenvalue weighted by molar-refractivity contribution is 0.103. The second-order valence-electron chi connectivity index (χ2n) is 2.49. The third-order valence-electron chi connectivity index (χ3n) is 1.53. The van der Waals surface area contributed by atoms with Crippen LogP contribution in [-0.2, 0) is 7.05 Å². The highest BCUT2D eigenvalue weighted by atomic mass is 32.1. The Bertz CT molecular complexity index is 419. The molecule has 2 aromatic rings. The molecule has 0 saturated heterocycles. The van der Waals surface area contributed by atoms with Gasteiger partial charge >= 0.3 is 0 Å². The predicted octanol–water partition coefficient (Wildman–Crippen LogP) is 0.503. The van der Waals surface area contributed by atoms with Gasteiger partial charge in [-0.3, -0.25) is 9.48 Å². The van der Waals surface area contributed by atoms with E-state index in [-0.39, 0.29) is 5.78 Å². The SMILES string of the molecule is Cn1ccc(C(=O)c2cnns2)n1. The molecule has 13 heavy (non-hydrogen) atoms. The Balaban J connectivity index is 2.33. The molecule has 0 spiro atoms. The number of ketones is 1. The summed E-state index contributed by atoms with van der Waals surface area (Å²) in [7, 11) is 1.77. The number of aryl methyl sites for hydroxylation is 1. The molecule has 5 nitrogen and oxygen atoms in total. The van der Waals surface area contributed by atoms with Crippen LogP contribution in [0.4, 0.5) is 0 Å². The second kappa shape index (κ2) is 3.06. The fourth-order valence-electron chi connectivity index (χ4n) is 0.930. The summed E-state index contributed by atoms with van der Waals surface area (Å²) < 4.78 is 5.20. The highest BCUT2D eigenvalue weighted by Gasteiger charge is 2.13. The van der Waals surface area contributed by atoms with Gasteiger partial charge in [0.2, 0.25) is 5.78 Å². The molecule has 0 radical (unpaired) electrons. The molecule has 0 atom stereocenters. The summed E-state index contributed by atoms with van der Waals surface area (Å²) in [6, 6.07) is 1.67. The van der Waals surface area contributed by atoms with E-state index < -0.39 is 0 Å². The van der Waals surface area contributed by atoms with Crippen LogP contribution >= 0.6 is 11.5 Å². The van der Waals surface area contributed by atoms with Crippen LogP contribution in [0, 0.1) is 0 Å². The number of aromatic nitrogens is 4. The minimum absolute atomic E-state index is 0.129. The standard InChI is InChI=1S/C7H6N4OS/c1-11-3-2-5(9-11)7(12)6-4-8-10-13-6/h2-4H,1H3. The summed E-state index contributed by atoms with van der Waals surface area (Å²) in [6.07, 6.45) is 3.17. The first-order chi connectivity index (χ1) is 6.27. The number of hydrogen-bond donors (Lipinski definition) is 0. The van der Waals surface area contributed by atoms with Crippen molar-refractivity contribution in [3.63, 3.8) is 0 Å². The van der Waals surface area contributed by atoms with Gasteiger partial charge in [0.1, 0.15) is 10.6 Å². The number of carbonyl (C=O) groups excluding carboxylic acids is 1. The summed E-state index contributed by atoms with van der Waals surface area (Å²) in [6.45, 7) is 0. The van der Waals surface area contributed by atoms with Crippen LogP contribution in [0.25, 0.3) is 0 Å². The van der Waals surface area contributed by atoms with Gasteiger partial charge in [0, 0.05) is 13.2 Å². The van der Waals surface area contributed by atoms with Crippen molar-refractivity contribution in [3.8, 4) is 0 Å². The van der Waals surface area contributed by atoms with E-state index >= 15 is 0 Å². The lowest BCUT2D eigenvalue weighted by atomic mass is 10.3. The number of carbonyl (C=O) groups is 1. The van der Waals surface area contributed by atoms with Crippen molar-refractivity contribution < 1.29 is 4.79 Å². The van der Waals surface area contributed by atoms with Crippen LogP contribution in [-0.4, -0.2) is 25.2 Å². The van der Waals surface area contributed by atoms with Gasteiger partial charge in [-0.05, 0) is 17.6 Å². The van der Waals surface area contributed by atoms with Crippen LogP contribution in [0.15, 0.2) is 18.5 Å². The van der Waals surface area contributed by atoms with Gasteiger partial charge in [0.15, 0.2) is 0 Å². The number of rotatable bonds is 2. The van der Waals surface area contributed by atoms with Crippen molar-refractivity contribution in [2.75, 3.05) is 0 Å². The molecule has 0 unspecified atom stereocenters. The van der Waals surface area contributed by atoms with Gasteiger partial charge in [-0.1, -0.05) is 4.49 Å². The third-order valence-corrected chi connectivity index (χ3v) is 2.19. The Morgan fingerprint density at radius 1 is 1.62 bits per heavy atom. The molecule has 6 heteroatoms. The molecule has 0 N–H and O–H groups in total. The molecule has 0 bridgehead atoms. The van der Waals surface area contributed by atoms with Crippen molar-refractivity contribution in [1.29, 1.82) is 0 Å². The minimum Gasteiger partial charge on any atom is -0.286 e. The lowest BCUT2D eigenvalue weighted by Crippen LogP contribution is -2.00. The maximum Gasteiger partial charge on any atom is 0.226 e. The van der Waals surface area contributed by atoms with Gasteiger partial charge < -0.3 is 0 Å². The molecule has 0 aromatic carbocycles. The zero-order valence-corrected chi connectivity index (χ0v) is 7.65. The fourth-order valence-corrected chi connectivity index (χ4v) is 1.39. The number of hydrogen-bond acceptors (Lipinski definition) is 5. The summed E-state index contributed by atoms with van der Waals surface area (Å²) in [5.41, 5.74) is 0.425. The van der Waals surface area contributed by atoms with Crippen LogP contribution in [0.1, 0.15) is 15.4 Å². The third kappa shape index (κ3) is 1.48. The maximum atomic E-state index is 11.6. The maximum absolute atomic E-state index is 11.6. The summed E-state index contributed by atoms with van der Waals surface area (Å²) in [5.74, 6) is -0.129. The lowest BCUT2D eigenvalue weighted by Gasteiger charge is -1.88. The van der Waals surface area contributed by atoms with E-state index in [0.29, 0.717) is 10.6 Å².